The van der Waals surface area contributed by atoms with Crippen LogP contribution in [0.25, 0.3) is 0 Å². The standard InChI is InChI=1S/C13H17FN2O2/c14-11-3-1-2-4-12(11)15-6-5-13(17)16-7-9-18-10-8-16/h1-4,15H,5-10H2. The molecule has 0 aromatic heterocycles. The van der Waals surface area contributed by atoms with Crippen molar-refractivity contribution in [2.45, 2.75) is 6.42 Å². The van der Waals surface area contributed by atoms with Gasteiger partial charge in [-0.2, -0.15) is 0 Å². The normalized spacial score (nSPS) is 15.5. The predicted octanol–water partition coefficient (Wildman–Crippen LogP) is 1.49. The lowest BCUT2D eigenvalue weighted by Crippen LogP contribution is -2.41. The van der Waals surface area contributed by atoms with E-state index in [0.717, 1.165) is 0 Å². The fraction of sp³-hybridized carbons (Fsp3) is 0.462. The molecule has 0 radical (unpaired) electrons. The maximum atomic E-state index is 13.3. The molecule has 98 valence electrons. The van der Waals surface area contributed by atoms with Crippen molar-refractivity contribution in [1.29, 1.82) is 0 Å². The van der Waals surface area contributed by atoms with Gasteiger partial charge >= 0.3 is 0 Å². The van der Waals surface area contributed by atoms with Crippen molar-refractivity contribution in [3.8, 4) is 0 Å². The van der Waals surface area contributed by atoms with Gasteiger partial charge < -0.3 is 15.0 Å². The number of hydrogen-bond acceptors (Lipinski definition) is 3. The molecule has 0 unspecified atom stereocenters. The lowest BCUT2D eigenvalue weighted by Gasteiger charge is -2.26. The Kier molecular flexibility index (Phi) is 4.52. The van der Waals surface area contributed by atoms with Crippen LogP contribution in [-0.2, 0) is 9.53 Å². The van der Waals surface area contributed by atoms with Crippen molar-refractivity contribution < 1.29 is 13.9 Å². The number of nitrogens with one attached hydrogen (secondary N) is 1. The van der Waals surface area contributed by atoms with Crippen LogP contribution in [0.5, 0.6) is 0 Å². The molecule has 1 aliphatic rings. The maximum Gasteiger partial charge on any atom is 0.224 e. The van der Waals surface area contributed by atoms with E-state index in [1.54, 1.807) is 23.1 Å². The quantitative estimate of drug-likeness (QED) is 0.882. The second kappa shape index (κ2) is 6.35. The number of halogens is 1. The Bertz CT molecular complexity index is 406. The number of benzene rings is 1. The van der Waals surface area contributed by atoms with E-state index >= 15 is 0 Å². The summed E-state index contributed by atoms with van der Waals surface area (Å²) in [7, 11) is 0. The van der Waals surface area contributed by atoms with Gasteiger partial charge in [-0.25, -0.2) is 4.39 Å². The van der Waals surface area contributed by atoms with Crippen molar-refractivity contribution in [2.75, 3.05) is 38.2 Å². The lowest BCUT2D eigenvalue weighted by molar-refractivity contribution is -0.134. The zero-order chi connectivity index (χ0) is 12.8. The fourth-order valence-corrected chi connectivity index (χ4v) is 1.88. The third kappa shape index (κ3) is 3.43. The molecule has 1 aromatic carbocycles. The summed E-state index contributed by atoms with van der Waals surface area (Å²) in [5.41, 5.74) is 0.437. The average molecular weight is 252 g/mol. The summed E-state index contributed by atoms with van der Waals surface area (Å²) in [6.07, 6.45) is 0.369. The van der Waals surface area contributed by atoms with Crippen LogP contribution in [0.15, 0.2) is 24.3 Å². The van der Waals surface area contributed by atoms with Crippen LogP contribution in [0.4, 0.5) is 10.1 Å². The number of para-hydroxylation sites is 1. The van der Waals surface area contributed by atoms with Gasteiger partial charge in [0.25, 0.3) is 0 Å². The Morgan fingerprint density at radius 2 is 2.06 bits per heavy atom. The summed E-state index contributed by atoms with van der Waals surface area (Å²) in [4.78, 5) is 13.6. The van der Waals surface area contributed by atoms with E-state index in [9.17, 15) is 9.18 Å². The SMILES string of the molecule is O=C(CCNc1ccccc1F)N1CCOCC1. The molecule has 1 heterocycles. The summed E-state index contributed by atoms with van der Waals surface area (Å²) in [5, 5.41) is 2.93. The Balaban J connectivity index is 1.75. The minimum Gasteiger partial charge on any atom is -0.382 e. The molecule has 0 bridgehead atoms. The minimum atomic E-state index is -0.295. The Morgan fingerprint density at radius 1 is 1.33 bits per heavy atom. The predicted molar refractivity (Wildman–Crippen MR) is 66.9 cm³/mol. The molecular formula is C13H17FN2O2. The molecule has 0 atom stereocenters. The summed E-state index contributed by atoms with van der Waals surface area (Å²) >= 11 is 0. The molecule has 1 aromatic rings. The molecule has 4 nitrogen and oxygen atoms in total. The van der Waals surface area contributed by atoms with E-state index in [0.29, 0.717) is 45.0 Å². The topological polar surface area (TPSA) is 41.6 Å². The van der Waals surface area contributed by atoms with Crippen LogP contribution in [-0.4, -0.2) is 43.7 Å². The van der Waals surface area contributed by atoms with Crippen LogP contribution in [0.1, 0.15) is 6.42 Å². The van der Waals surface area contributed by atoms with Crippen molar-refractivity contribution in [3.63, 3.8) is 0 Å². The summed E-state index contributed by atoms with van der Waals surface area (Å²) in [5.74, 6) is -0.210. The van der Waals surface area contributed by atoms with Gasteiger partial charge in [0, 0.05) is 26.1 Å². The van der Waals surface area contributed by atoms with E-state index in [1.807, 2.05) is 0 Å². The van der Waals surface area contributed by atoms with E-state index < -0.39 is 0 Å². The van der Waals surface area contributed by atoms with Crippen LogP contribution in [0, 0.1) is 5.82 Å². The summed E-state index contributed by atoms with van der Waals surface area (Å²) in [6.45, 7) is 2.95. The third-order valence-electron chi connectivity index (χ3n) is 2.89. The molecule has 0 saturated carbocycles. The first-order chi connectivity index (χ1) is 8.77. The Morgan fingerprint density at radius 3 is 2.78 bits per heavy atom. The number of nitrogens with zero attached hydrogens (tertiary/aromatic N) is 1. The molecule has 1 N–H and O–H groups in total. The average Bonchev–Trinajstić information content (AvgIpc) is 2.42. The van der Waals surface area contributed by atoms with Gasteiger partial charge in [-0.05, 0) is 12.1 Å². The highest BCUT2D eigenvalue weighted by atomic mass is 19.1. The maximum absolute atomic E-state index is 13.3. The number of morpholine rings is 1. The van der Waals surface area contributed by atoms with E-state index in [4.69, 9.17) is 4.74 Å². The summed E-state index contributed by atoms with van der Waals surface area (Å²) < 4.78 is 18.5. The minimum absolute atomic E-state index is 0.0853. The van der Waals surface area contributed by atoms with E-state index in [-0.39, 0.29) is 11.7 Å². The molecule has 18 heavy (non-hydrogen) atoms. The van der Waals surface area contributed by atoms with Gasteiger partial charge in [0.2, 0.25) is 5.91 Å². The highest BCUT2D eigenvalue weighted by molar-refractivity contribution is 5.76. The first-order valence-electron chi connectivity index (χ1n) is 6.11. The van der Waals surface area contributed by atoms with Gasteiger partial charge in [-0.15, -0.1) is 0 Å². The lowest BCUT2D eigenvalue weighted by atomic mass is 10.3. The number of carbonyl (C=O) groups is 1. The molecule has 1 amide bonds. The Hall–Kier alpha value is -1.62. The zero-order valence-electron chi connectivity index (χ0n) is 10.2. The first-order valence-corrected chi connectivity index (χ1v) is 6.11. The largest absolute Gasteiger partial charge is 0.382 e. The van der Waals surface area contributed by atoms with Crippen LogP contribution in [0.2, 0.25) is 0 Å². The van der Waals surface area contributed by atoms with Gasteiger partial charge in [0.05, 0.1) is 18.9 Å². The van der Waals surface area contributed by atoms with Gasteiger partial charge in [-0.1, -0.05) is 12.1 Å². The molecule has 0 spiro atoms. The zero-order valence-corrected chi connectivity index (χ0v) is 10.2. The number of amides is 1. The molecule has 1 aliphatic heterocycles. The van der Waals surface area contributed by atoms with Crippen molar-refractivity contribution >= 4 is 11.6 Å². The second-order valence-corrected chi connectivity index (χ2v) is 4.15. The number of carbonyl (C=O) groups excluding carboxylic acids is 1. The Labute approximate surface area is 106 Å². The monoisotopic (exact) mass is 252 g/mol. The van der Waals surface area contributed by atoms with Crippen LogP contribution < -0.4 is 5.32 Å². The van der Waals surface area contributed by atoms with E-state index in [2.05, 4.69) is 5.32 Å². The van der Waals surface area contributed by atoms with E-state index in [1.165, 1.54) is 6.07 Å². The van der Waals surface area contributed by atoms with Crippen molar-refractivity contribution in [3.05, 3.63) is 30.1 Å². The van der Waals surface area contributed by atoms with Gasteiger partial charge in [-0.3, -0.25) is 4.79 Å². The molecule has 2 rings (SSSR count). The second-order valence-electron chi connectivity index (χ2n) is 4.15. The van der Waals surface area contributed by atoms with Crippen molar-refractivity contribution in [1.82, 2.24) is 4.90 Å². The fourth-order valence-electron chi connectivity index (χ4n) is 1.88. The molecular weight excluding hydrogens is 235 g/mol. The molecule has 1 fully saturated rings. The summed E-state index contributed by atoms with van der Waals surface area (Å²) in [6, 6.07) is 6.45. The third-order valence-corrected chi connectivity index (χ3v) is 2.89. The number of rotatable bonds is 4. The first kappa shape index (κ1) is 12.8. The number of ether oxygens (including phenoxy) is 1. The highest BCUT2D eigenvalue weighted by Crippen LogP contribution is 2.12. The van der Waals surface area contributed by atoms with Crippen LogP contribution >= 0.6 is 0 Å². The number of anilines is 1. The number of hydrogen-bond donors (Lipinski definition) is 1. The van der Waals surface area contributed by atoms with Gasteiger partial charge in [0.15, 0.2) is 0 Å². The molecule has 1 saturated heterocycles. The smallest absolute Gasteiger partial charge is 0.224 e. The van der Waals surface area contributed by atoms with Crippen LogP contribution in [0.3, 0.4) is 0 Å². The molecule has 0 aliphatic carbocycles. The molecule has 5 heteroatoms. The van der Waals surface area contributed by atoms with Crippen molar-refractivity contribution in [2.24, 2.45) is 0 Å². The van der Waals surface area contributed by atoms with Gasteiger partial charge in [0.1, 0.15) is 5.82 Å². The highest BCUT2D eigenvalue weighted by Gasteiger charge is 2.16.